The Hall–Kier alpha value is -2.65. The van der Waals surface area contributed by atoms with Gasteiger partial charge in [-0.15, -0.1) is 0 Å². The highest BCUT2D eigenvalue weighted by Gasteiger charge is 2.16. The predicted molar refractivity (Wildman–Crippen MR) is 106 cm³/mol. The lowest BCUT2D eigenvalue weighted by molar-refractivity contribution is 0.0844. The van der Waals surface area contributed by atoms with Crippen LogP contribution in [-0.2, 0) is 0 Å². The molecule has 0 saturated heterocycles. The van der Waals surface area contributed by atoms with Gasteiger partial charge in [-0.05, 0) is 58.4 Å². The van der Waals surface area contributed by atoms with Crippen LogP contribution >= 0.6 is 31.9 Å². The molecule has 27 heavy (non-hydrogen) atoms. The standard InChI is InChI=1S/C18H12Br2N2O5/c1-26-12-4-2-9(3-5-12)16(23)21-22-17(24)13-7-10-6-11(19)8-14(20)15(10)27-18(13)25/h2-8H,1H3,(H,21,23)(H,22,24). The van der Waals surface area contributed by atoms with Crippen molar-refractivity contribution in [3.63, 3.8) is 0 Å². The topological polar surface area (TPSA) is 97.6 Å². The van der Waals surface area contributed by atoms with Crippen molar-refractivity contribution >= 4 is 54.6 Å². The third kappa shape index (κ3) is 4.20. The second kappa shape index (κ2) is 7.93. The number of rotatable bonds is 3. The molecule has 2 amide bonds. The largest absolute Gasteiger partial charge is 0.497 e. The molecule has 0 aliphatic heterocycles. The van der Waals surface area contributed by atoms with E-state index in [0.717, 1.165) is 4.47 Å². The van der Waals surface area contributed by atoms with Crippen molar-refractivity contribution in [2.75, 3.05) is 7.11 Å². The van der Waals surface area contributed by atoms with Gasteiger partial charge in [-0.3, -0.25) is 20.4 Å². The van der Waals surface area contributed by atoms with Crippen LogP contribution in [0, 0.1) is 0 Å². The van der Waals surface area contributed by atoms with Gasteiger partial charge in [-0.25, -0.2) is 4.79 Å². The predicted octanol–water partition coefficient (Wildman–Crippen LogP) is 3.40. The molecule has 1 aromatic heterocycles. The third-order valence-electron chi connectivity index (χ3n) is 3.64. The lowest BCUT2D eigenvalue weighted by Crippen LogP contribution is -2.43. The molecule has 138 valence electrons. The molecule has 0 unspecified atom stereocenters. The Morgan fingerprint density at radius 3 is 2.33 bits per heavy atom. The lowest BCUT2D eigenvalue weighted by atomic mass is 10.2. The number of amides is 2. The number of carbonyl (C=O) groups is 2. The maximum Gasteiger partial charge on any atom is 0.349 e. The second-order valence-corrected chi connectivity index (χ2v) is 7.16. The first-order valence-electron chi connectivity index (χ1n) is 7.56. The molecule has 0 bridgehead atoms. The van der Waals surface area contributed by atoms with Crippen molar-refractivity contribution in [3.05, 3.63) is 73.0 Å². The van der Waals surface area contributed by atoms with Gasteiger partial charge in [0.15, 0.2) is 5.58 Å². The Bertz CT molecular complexity index is 1090. The normalized spacial score (nSPS) is 10.5. The van der Waals surface area contributed by atoms with Crippen molar-refractivity contribution in [1.29, 1.82) is 0 Å². The van der Waals surface area contributed by atoms with E-state index in [2.05, 4.69) is 42.7 Å². The summed E-state index contributed by atoms with van der Waals surface area (Å²) in [5, 5.41) is 0.544. The Kier molecular flexibility index (Phi) is 5.62. The van der Waals surface area contributed by atoms with Crippen LogP contribution in [0.25, 0.3) is 11.0 Å². The summed E-state index contributed by atoms with van der Waals surface area (Å²) in [6.45, 7) is 0. The molecule has 0 spiro atoms. The molecule has 0 fully saturated rings. The Balaban J connectivity index is 1.78. The smallest absolute Gasteiger partial charge is 0.349 e. The number of benzene rings is 2. The summed E-state index contributed by atoms with van der Waals surface area (Å²) >= 11 is 6.63. The molecule has 2 aromatic carbocycles. The van der Waals surface area contributed by atoms with Crippen molar-refractivity contribution in [3.8, 4) is 5.75 Å². The Labute approximate surface area is 169 Å². The van der Waals surface area contributed by atoms with E-state index in [1.54, 1.807) is 36.4 Å². The zero-order chi connectivity index (χ0) is 19.6. The molecule has 9 heteroatoms. The number of carbonyl (C=O) groups excluding carboxylic acids is 2. The molecule has 1 heterocycles. The minimum Gasteiger partial charge on any atom is -0.497 e. The molecular formula is C18H12Br2N2O5. The van der Waals surface area contributed by atoms with Crippen LogP contribution in [0.3, 0.4) is 0 Å². The van der Waals surface area contributed by atoms with E-state index in [9.17, 15) is 14.4 Å². The van der Waals surface area contributed by atoms with Gasteiger partial charge in [0.25, 0.3) is 11.8 Å². The van der Waals surface area contributed by atoms with Gasteiger partial charge >= 0.3 is 5.63 Å². The number of hydrazine groups is 1. The van der Waals surface area contributed by atoms with E-state index in [1.165, 1.54) is 13.2 Å². The summed E-state index contributed by atoms with van der Waals surface area (Å²) in [5.41, 5.74) is 4.05. The number of hydrogen-bond acceptors (Lipinski definition) is 5. The Morgan fingerprint density at radius 1 is 1.00 bits per heavy atom. The molecule has 0 radical (unpaired) electrons. The fourth-order valence-corrected chi connectivity index (χ4v) is 3.65. The van der Waals surface area contributed by atoms with Crippen molar-refractivity contribution in [2.45, 2.75) is 0 Å². The SMILES string of the molecule is COc1ccc(C(=O)NNC(=O)c2cc3cc(Br)cc(Br)c3oc2=O)cc1. The zero-order valence-corrected chi connectivity index (χ0v) is 17.0. The molecule has 0 saturated carbocycles. The van der Waals surface area contributed by atoms with Crippen LogP contribution in [0.15, 0.2) is 60.6 Å². The highest BCUT2D eigenvalue weighted by Crippen LogP contribution is 2.27. The van der Waals surface area contributed by atoms with Crippen molar-refractivity contribution < 1.29 is 18.7 Å². The summed E-state index contributed by atoms with van der Waals surface area (Å²) in [7, 11) is 1.52. The zero-order valence-electron chi connectivity index (χ0n) is 13.8. The second-order valence-electron chi connectivity index (χ2n) is 5.39. The highest BCUT2D eigenvalue weighted by molar-refractivity contribution is 9.11. The maximum absolute atomic E-state index is 12.3. The summed E-state index contributed by atoms with van der Waals surface area (Å²) < 4.78 is 11.5. The maximum atomic E-state index is 12.3. The lowest BCUT2D eigenvalue weighted by Gasteiger charge is -2.08. The van der Waals surface area contributed by atoms with Gasteiger partial charge < -0.3 is 9.15 Å². The number of fused-ring (bicyclic) bond motifs is 1. The van der Waals surface area contributed by atoms with Crippen LogP contribution in [0.1, 0.15) is 20.7 Å². The van der Waals surface area contributed by atoms with Gasteiger partial charge in [0, 0.05) is 15.4 Å². The first kappa shape index (κ1) is 19.1. The number of hydrogen-bond donors (Lipinski definition) is 2. The first-order valence-corrected chi connectivity index (χ1v) is 9.15. The van der Waals surface area contributed by atoms with E-state index in [1.807, 2.05) is 0 Å². The molecule has 0 aliphatic rings. The number of halogens is 2. The van der Waals surface area contributed by atoms with E-state index < -0.39 is 17.4 Å². The number of methoxy groups -OCH3 is 1. The average molecular weight is 496 g/mol. The fourth-order valence-electron chi connectivity index (χ4n) is 2.31. The minimum absolute atomic E-state index is 0.234. The summed E-state index contributed by atoms with van der Waals surface area (Å²) in [6.07, 6.45) is 0. The third-order valence-corrected chi connectivity index (χ3v) is 4.68. The van der Waals surface area contributed by atoms with Crippen LogP contribution in [0.4, 0.5) is 0 Å². The quantitative estimate of drug-likeness (QED) is 0.428. The van der Waals surface area contributed by atoms with E-state index in [4.69, 9.17) is 9.15 Å². The fraction of sp³-hybridized carbons (Fsp3) is 0.0556. The van der Waals surface area contributed by atoms with Gasteiger partial charge in [0.1, 0.15) is 11.3 Å². The van der Waals surface area contributed by atoms with Gasteiger partial charge in [0.05, 0.1) is 11.6 Å². The summed E-state index contributed by atoms with van der Waals surface area (Å²) in [6, 6.07) is 11.1. The average Bonchev–Trinajstić information content (AvgIpc) is 2.66. The Morgan fingerprint density at radius 2 is 1.67 bits per heavy atom. The van der Waals surface area contributed by atoms with E-state index in [0.29, 0.717) is 26.8 Å². The summed E-state index contributed by atoms with van der Waals surface area (Å²) in [4.78, 5) is 36.5. The van der Waals surface area contributed by atoms with Crippen molar-refractivity contribution in [1.82, 2.24) is 10.9 Å². The van der Waals surface area contributed by atoms with Crippen LogP contribution in [0.5, 0.6) is 5.75 Å². The monoisotopic (exact) mass is 494 g/mol. The molecule has 7 nitrogen and oxygen atoms in total. The van der Waals surface area contributed by atoms with Gasteiger partial charge in [0.2, 0.25) is 0 Å². The number of nitrogens with one attached hydrogen (secondary N) is 2. The molecule has 2 N–H and O–H groups in total. The molecule has 3 rings (SSSR count). The van der Waals surface area contributed by atoms with Gasteiger partial charge in [-0.1, -0.05) is 15.9 Å². The minimum atomic E-state index is -0.818. The molecule has 0 atom stereocenters. The highest BCUT2D eigenvalue weighted by atomic mass is 79.9. The van der Waals surface area contributed by atoms with Crippen LogP contribution < -0.4 is 21.2 Å². The van der Waals surface area contributed by atoms with E-state index >= 15 is 0 Å². The van der Waals surface area contributed by atoms with Crippen LogP contribution in [-0.4, -0.2) is 18.9 Å². The number of ether oxygens (including phenoxy) is 1. The van der Waals surface area contributed by atoms with E-state index in [-0.39, 0.29) is 5.56 Å². The molecule has 0 aliphatic carbocycles. The van der Waals surface area contributed by atoms with Gasteiger partial charge in [-0.2, -0.15) is 0 Å². The molecular weight excluding hydrogens is 484 g/mol. The first-order chi connectivity index (χ1) is 12.9. The van der Waals surface area contributed by atoms with Crippen molar-refractivity contribution in [2.24, 2.45) is 0 Å². The molecule has 3 aromatic rings. The van der Waals surface area contributed by atoms with Crippen LogP contribution in [0.2, 0.25) is 0 Å². The summed E-state index contributed by atoms with van der Waals surface area (Å²) in [5.74, 6) is -0.730.